The van der Waals surface area contributed by atoms with Crippen molar-refractivity contribution in [3.63, 3.8) is 0 Å². The van der Waals surface area contributed by atoms with Crippen molar-refractivity contribution in [2.45, 2.75) is 32.6 Å². The Bertz CT molecular complexity index is 837. The number of anilines is 2. The molecule has 5 nitrogen and oxygen atoms in total. The molecular formula is C21H24N4O. The summed E-state index contributed by atoms with van der Waals surface area (Å²) in [6.07, 6.45) is 5.84. The van der Waals surface area contributed by atoms with Gasteiger partial charge >= 0.3 is 6.03 Å². The molecule has 1 aliphatic rings. The first kappa shape index (κ1) is 17.7. The zero-order valence-corrected chi connectivity index (χ0v) is 15.0. The molecule has 0 saturated carbocycles. The first-order valence-corrected chi connectivity index (χ1v) is 8.92. The van der Waals surface area contributed by atoms with Gasteiger partial charge < -0.3 is 16.4 Å². The highest BCUT2D eigenvalue weighted by atomic mass is 16.2. The lowest BCUT2D eigenvalue weighted by Gasteiger charge is -2.10. The fourth-order valence-electron chi connectivity index (χ4n) is 2.85. The molecule has 1 aliphatic heterocycles. The van der Waals surface area contributed by atoms with Gasteiger partial charge in [-0.15, -0.1) is 0 Å². The Kier molecular flexibility index (Phi) is 5.69. The minimum Gasteiger partial charge on any atom is -0.387 e. The average molecular weight is 348 g/mol. The maximum atomic E-state index is 12.2. The zero-order valence-electron chi connectivity index (χ0n) is 15.0. The molecule has 0 spiro atoms. The number of urea groups is 1. The summed E-state index contributed by atoms with van der Waals surface area (Å²) in [5.41, 5.74) is 10.6. The molecule has 2 aromatic rings. The summed E-state index contributed by atoms with van der Waals surface area (Å²) in [5.74, 6) is 0.610. The average Bonchev–Trinajstić information content (AvgIpc) is 3.08. The number of hydrogen-bond acceptors (Lipinski definition) is 3. The molecule has 0 fully saturated rings. The normalized spacial score (nSPS) is 13.1. The summed E-state index contributed by atoms with van der Waals surface area (Å²) in [4.78, 5) is 16.3. The molecule has 1 heterocycles. The van der Waals surface area contributed by atoms with Crippen LogP contribution in [0.1, 0.15) is 37.3 Å². The van der Waals surface area contributed by atoms with E-state index in [1.54, 1.807) is 6.20 Å². The van der Waals surface area contributed by atoms with Crippen LogP contribution in [0.25, 0.3) is 5.57 Å². The number of aryl methyl sites for hydroxylation is 1. The monoisotopic (exact) mass is 348 g/mol. The minimum absolute atomic E-state index is 0.264. The van der Waals surface area contributed by atoms with E-state index in [9.17, 15) is 4.79 Å². The maximum Gasteiger partial charge on any atom is 0.323 e. The van der Waals surface area contributed by atoms with Crippen LogP contribution in [0.5, 0.6) is 0 Å². The van der Waals surface area contributed by atoms with Crippen LogP contribution in [-0.2, 0) is 6.42 Å². The van der Waals surface area contributed by atoms with E-state index in [4.69, 9.17) is 5.73 Å². The quantitative estimate of drug-likeness (QED) is 0.702. The van der Waals surface area contributed by atoms with E-state index < -0.39 is 0 Å². The standard InChI is InChI=1S/C21H24N4O/c1-2-3-5-15-8-10-18(11-9-15)24-21(26)25-19-7-4-6-16(12-19)17-13-20(22)23-14-17/h4,6-12,14H,2-3,5,13H2,1H3,(H2,22,23)(H2,24,25,26). The third-order valence-corrected chi connectivity index (χ3v) is 4.28. The van der Waals surface area contributed by atoms with Gasteiger partial charge in [-0.3, -0.25) is 0 Å². The van der Waals surface area contributed by atoms with Crippen molar-refractivity contribution in [2.75, 3.05) is 10.6 Å². The van der Waals surface area contributed by atoms with Gasteiger partial charge in [-0.2, -0.15) is 0 Å². The van der Waals surface area contributed by atoms with Crippen LogP contribution in [0.4, 0.5) is 16.2 Å². The number of carbonyl (C=O) groups excluding carboxylic acids is 1. The molecule has 0 aromatic heterocycles. The van der Waals surface area contributed by atoms with Gasteiger partial charge in [-0.1, -0.05) is 37.6 Å². The first-order valence-electron chi connectivity index (χ1n) is 8.92. The van der Waals surface area contributed by atoms with Gasteiger partial charge in [-0.05, 0) is 53.8 Å². The molecule has 0 aliphatic carbocycles. The number of carbonyl (C=O) groups is 1. The maximum absolute atomic E-state index is 12.2. The molecule has 0 unspecified atom stereocenters. The number of amidine groups is 1. The fraction of sp³-hybridized carbons (Fsp3) is 0.238. The number of hydrogen-bond donors (Lipinski definition) is 3. The van der Waals surface area contributed by atoms with Gasteiger partial charge in [0.1, 0.15) is 5.84 Å². The van der Waals surface area contributed by atoms with E-state index in [0.717, 1.165) is 28.9 Å². The van der Waals surface area contributed by atoms with Gasteiger partial charge in [0, 0.05) is 24.0 Å². The number of nitrogens with zero attached hydrogens (tertiary/aromatic N) is 1. The van der Waals surface area contributed by atoms with Gasteiger partial charge in [0.05, 0.1) is 0 Å². The molecular weight excluding hydrogens is 324 g/mol. The third kappa shape index (κ3) is 4.72. The first-order chi connectivity index (χ1) is 12.6. The van der Waals surface area contributed by atoms with Crippen molar-refractivity contribution in [2.24, 2.45) is 10.7 Å². The van der Waals surface area contributed by atoms with Crippen LogP contribution in [-0.4, -0.2) is 11.9 Å². The highest BCUT2D eigenvalue weighted by Crippen LogP contribution is 2.24. The number of rotatable bonds is 6. The predicted octanol–water partition coefficient (Wildman–Crippen LogP) is 4.78. The van der Waals surface area contributed by atoms with Crippen LogP contribution in [0.3, 0.4) is 0 Å². The summed E-state index contributed by atoms with van der Waals surface area (Å²) >= 11 is 0. The van der Waals surface area contributed by atoms with E-state index in [1.807, 2.05) is 36.4 Å². The lowest BCUT2D eigenvalue weighted by atomic mass is 10.0. The summed E-state index contributed by atoms with van der Waals surface area (Å²) in [5, 5.41) is 5.73. The van der Waals surface area contributed by atoms with E-state index in [2.05, 4.69) is 34.7 Å². The molecule has 0 saturated heterocycles. The van der Waals surface area contributed by atoms with Gasteiger partial charge in [0.2, 0.25) is 0 Å². The second-order valence-electron chi connectivity index (χ2n) is 6.41. The fourth-order valence-corrected chi connectivity index (χ4v) is 2.85. The molecule has 0 bridgehead atoms. The molecule has 0 atom stereocenters. The molecule has 5 heteroatoms. The number of nitrogens with two attached hydrogens (primary N) is 1. The number of unbranched alkanes of at least 4 members (excludes halogenated alkanes) is 1. The Morgan fingerprint density at radius 2 is 1.88 bits per heavy atom. The molecule has 2 aromatic carbocycles. The topological polar surface area (TPSA) is 79.5 Å². The van der Waals surface area contributed by atoms with E-state index in [-0.39, 0.29) is 6.03 Å². The lowest BCUT2D eigenvalue weighted by molar-refractivity contribution is 0.262. The molecule has 2 amide bonds. The van der Waals surface area contributed by atoms with Crippen molar-refractivity contribution >= 4 is 28.8 Å². The zero-order chi connectivity index (χ0) is 18.4. The summed E-state index contributed by atoms with van der Waals surface area (Å²) < 4.78 is 0. The highest BCUT2D eigenvalue weighted by molar-refractivity contribution is 6.00. The summed E-state index contributed by atoms with van der Waals surface area (Å²) in [6.45, 7) is 2.18. The van der Waals surface area contributed by atoms with Crippen molar-refractivity contribution in [3.05, 3.63) is 65.9 Å². The Morgan fingerprint density at radius 1 is 1.12 bits per heavy atom. The number of aliphatic imine (C=N–C) groups is 1. The van der Waals surface area contributed by atoms with Gasteiger partial charge in [-0.25, -0.2) is 9.79 Å². The van der Waals surface area contributed by atoms with Crippen LogP contribution in [0.15, 0.2) is 59.7 Å². The van der Waals surface area contributed by atoms with Crippen LogP contribution < -0.4 is 16.4 Å². The highest BCUT2D eigenvalue weighted by Gasteiger charge is 2.10. The summed E-state index contributed by atoms with van der Waals surface area (Å²) in [7, 11) is 0. The Labute approximate surface area is 154 Å². The van der Waals surface area contributed by atoms with Gasteiger partial charge in [0.15, 0.2) is 0 Å². The largest absolute Gasteiger partial charge is 0.387 e. The molecule has 0 radical (unpaired) electrons. The number of amides is 2. The second-order valence-corrected chi connectivity index (χ2v) is 6.41. The molecule has 3 rings (SSSR count). The van der Waals surface area contributed by atoms with Crippen molar-refractivity contribution in [1.82, 2.24) is 0 Å². The van der Waals surface area contributed by atoms with Crippen molar-refractivity contribution < 1.29 is 4.79 Å². The second kappa shape index (κ2) is 8.34. The van der Waals surface area contributed by atoms with Crippen LogP contribution >= 0.6 is 0 Å². The number of nitrogens with one attached hydrogen (secondary N) is 2. The van der Waals surface area contributed by atoms with Crippen LogP contribution in [0, 0.1) is 0 Å². The van der Waals surface area contributed by atoms with Crippen LogP contribution in [0.2, 0.25) is 0 Å². The van der Waals surface area contributed by atoms with E-state index in [0.29, 0.717) is 12.3 Å². The van der Waals surface area contributed by atoms with Gasteiger partial charge in [0.25, 0.3) is 0 Å². The van der Waals surface area contributed by atoms with Crippen molar-refractivity contribution in [3.8, 4) is 0 Å². The number of benzene rings is 2. The predicted molar refractivity (Wildman–Crippen MR) is 108 cm³/mol. The Morgan fingerprint density at radius 3 is 2.58 bits per heavy atom. The van der Waals surface area contributed by atoms with E-state index in [1.165, 1.54) is 18.4 Å². The smallest absolute Gasteiger partial charge is 0.323 e. The minimum atomic E-state index is -0.264. The van der Waals surface area contributed by atoms with E-state index >= 15 is 0 Å². The molecule has 26 heavy (non-hydrogen) atoms. The lowest BCUT2D eigenvalue weighted by Crippen LogP contribution is -2.19. The Balaban J connectivity index is 1.58. The summed E-state index contributed by atoms with van der Waals surface area (Å²) in [6, 6.07) is 15.4. The SMILES string of the molecule is CCCCc1ccc(NC(=O)Nc2cccc(C3=CN=C(N)C3)c2)cc1. The van der Waals surface area contributed by atoms with Crippen molar-refractivity contribution in [1.29, 1.82) is 0 Å². The molecule has 134 valence electrons. The third-order valence-electron chi connectivity index (χ3n) is 4.28. The molecule has 4 N–H and O–H groups in total. The Hall–Kier alpha value is -3.08.